The topological polar surface area (TPSA) is 58.2 Å². The summed E-state index contributed by atoms with van der Waals surface area (Å²) in [5.41, 5.74) is 0.914. The fourth-order valence-electron chi connectivity index (χ4n) is 3.57. The van der Waals surface area contributed by atoms with Crippen LogP contribution in [0.3, 0.4) is 0 Å². The van der Waals surface area contributed by atoms with Gasteiger partial charge in [-0.25, -0.2) is 8.78 Å². The zero-order valence-electron chi connectivity index (χ0n) is 16.5. The highest BCUT2D eigenvalue weighted by molar-refractivity contribution is 6.53. The minimum Gasteiger partial charge on any atom is -0.326 e. The van der Waals surface area contributed by atoms with Crippen molar-refractivity contribution in [3.63, 3.8) is 0 Å². The molecule has 10 heteroatoms. The van der Waals surface area contributed by atoms with E-state index in [1.165, 1.54) is 12.1 Å². The highest BCUT2D eigenvalue weighted by Gasteiger charge is 2.67. The van der Waals surface area contributed by atoms with E-state index in [1.54, 1.807) is 30.3 Å². The van der Waals surface area contributed by atoms with Gasteiger partial charge in [-0.05, 0) is 54.1 Å². The Morgan fingerprint density at radius 3 is 2.24 bits per heavy atom. The summed E-state index contributed by atoms with van der Waals surface area (Å²) in [4.78, 5) is 25.3. The first-order valence-corrected chi connectivity index (χ1v) is 11.1. The van der Waals surface area contributed by atoms with Crippen molar-refractivity contribution in [1.82, 2.24) is 0 Å². The van der Waals surface area contributed by atoms with Crippen molar-refractivity contribution < 1.29 is 18.4 Å². The second kappa shape index (κ2) is 9.11. The highest BCUT2D eigenvalue weighted by atomic mass is 35.5. The molecular formula is C23H14Cl4F2N2O2. The van der Waals surface area contributed by atoms with Crippen LogP contribution in [0, 0.1) is 17.6 Å². The predicted molar refractivity (Wildman–Crippen MR) is 127 cm³/mol. The number of hydrogen-bond donors (Lipinski definition) is 2. The fraction of sp³-hybridized carbons (Fsp3) is 0.130. The van der Waals surface area contributed by atoms with Gasteiger partial charge >= 0.3 is 0 Å². The van der Waals surface area contributed by atoms with E-state index in [4.69, 9.17) is 46.4 Å². The summed E-state index contributed by atoms with van der Waals surface area (Å²) in [5.74, 6) is -4.06. The molecule has 0 heterocycles. The Balaban J connectivity index is 1.48. The summed E-state index contributed by atoms with van der Waals surface area (Å²) in [5, 5.41) is 5.84. The lowest BCUT2D eigenvalue weighted by molar-refractivity contribution is -0.117. The van der Waals surface area contributed by atoms with Gasteiger partial charge < -0.3 is 10.6 Å². The summed E-state index contributed by atoms with van der Waals surface area (Å²) < 4.78 is 25.5. The number of halogens is 6. The molecule has 170 valence electrons. The maximum atomic E-state index is 13.8. The molecular weight excluding hydrogens is 516 g/mol. The van der Waals surface area contributed by atoms with Crippen LogP contribution in [-0.2, 0) is 4.79 Å². The van der Waals surface area contributed by atoms with Crippen molar-refractivity contribution in [2.75, 3.05) is 10.6 Å². The van der Waals surface area contributed by atoms with Gasteiger partial charge in [0, 0.05) is 33.3 Å². The van der Waals surface area contributed by atoms with Crippen LogP contribution in [0.15, 0.2) is 60.7 Å². The number of alkyl halides is 2. The van der Waals surface area contributed by atoms with Gasteiger partial charge in [0.25, 0.3) is 5.91 Å². The number of amides is 2. The van der Waals surface area contributed by atoms with Crippen LogP contribution in [0.25, 0.3) is 0 Å². The molecule has 1 fully saturated rings. The van der Waals surface area contributed by atoms with Crippen LogP contribution in [0.2, 0.25) is 10.0 Å². The first-order chi connectivity index (χ1) is 15.6. The van der Waals surface area contributed by atoms with Gasteiger partial charge in [-0.1, -0.05) is 29.3 Å². The zero-order chi connectivity index (χ0) is 23.9. The molecule has 1 aliphatic carbocycles. The third-order valence-corrected chi connectivity index (χ3v) is 6.53. The molecule has 0 bridgehead atoms. The molecule has 2 N–H and O–H groups in total. The Morgan fingerprint density at radius 2 is 1.58 bits per heavy atom. The molecule has 3 aromatic rings. The number of hydrogen-bond acceptors (Lipinski definition) is 2. The normalized spacial score (nSPS) is 18.5. The number of rotatable bonds is 5. The second-order valence-electron chi connectivity index (χ2n) is 7.48. The van der Waals surface area contributed by atoms with Gasteiger partial charge in [-0.15, -0.1) is 23.2 Å². The Morgan fingerprint density at radius 1 is 0.879 bits per heavy atom. The van der Waals surface area contributed by atoms with Crippen molar-refractivity contribution in [1.29, 1.82) is 0 Å². The standard InChI is InChI=1S/C23H14Cl4F2N2O2/c24-13-6-12(7-14(25)9-13)19-20(23(19,26)27)22(33)30-16-3-1-2-11(8-16)21(32)31-18-5-4-15(28)10-17(18)29/h1-10,19-20H,(H,30,33)(H,31,32). The molecule has 4 rings (SSSR count). The van der Waals surface area contributed by atoms with Crippen molar-refractivity contribution in [2.24, 2.45) is 5.92 Å². The van der Waals surface area contributed by atoms with Crippen molar-refractivity contribution in [2.45, 2.75) is 10.3 Å². The van der Waals surface area contributed by atoms with E-state index in [-0.39, 0.29) is 11.3 Å². The highest BCUT2D eigenvalue weighted by Crippen LogP contribution is 2.65. The summed E-state index contributed by atoms with van der Waals surface area (Å²) in [6, 6.07) is 13.7. The summed E-state index contributed by atoms with van der Waals surface area (Å²) in [7, 11) is 0. The third-order valence-electron chi connectivity index (χ3n) is 5.15. The van der Waals surface area contributed by atoms with Gasteiger partial charge in [0.2, 0.25) is 5.91 Å². The maximum Gasteiger partial charge on any atom is 0.255 e. The van der Waals surface area contributed by atoms with Crippen LogP contribution in [0.5, 0.6) is 0 Å². The van der Waals surface area contributed by atoms with Crippen molar-refractivity contribution in [3.8, 4) is 0 Å². The van der Waals surface area contributed by atoms with Crippen LogP contribution in [-0.4, -0.2) is 16.1 Å². The predicted octanol–water partition coefficient (Wildman–Crippen LogP) is 7.05. The summed E-state index contributed by atoms with van der Waals surface area (Å²) in [6.07, 6.45) is 0. The molecule has 0 aliphatic heterocycles. The number of nitrogens with one attached hydrogen (secondary N) is 2. The van der Waals surface area contributed by atoms with E-state index in [0.29, 0.717) is 27.4 Å². The first kappa shape index (κ1) is 23.8. The van der Waals surface area contributed by atoms with Crippen LogP contribution < -0.4 is 10.6 Å². The molecule has 1 saturated carbocycles. The minimum atomic E-state index is -1.35. The number of carbonyl (C=O) groups excluding carboxylic acids is 2. The van der Waals surface area contributed by atoms with E-state index in [1.807, 2.05) is 0 Å². The maximum absolute atomic E-state index is 13.8. The average Bonchev–Trinajstić information content (AvgIpc) is 3.31. The molecule has 3 aromatic carbocycles. The van der Waals surface area contributed by atoms with E-state index >= 15 is 0 Å². The summed E-state index contributed by atoms with van der Waals surface area (Å²) >= 11 is 24.8. The Hall–Kier alpha value is -2.38. The fourth-order valence-corrected chi connectivity index (χ4v) is 4.94. The van der Waals surface area contributed by atoms with Gasteiger partial charge in [-0.2, -0.15) is 0 Å². The van der Waals surface area contributed by atoms with E-state index in [9.17, 15) is 18.4 Å². The largest absolute Gasteiger partial charge is 0.326 e. The van der Waals surface area contributed by atoms with Crippen LogP contribution in [0.1, 0.15) is 21.8 Å². The SMILES string of the molecule is O=C(Nc1ccc(F)cc1F)c1cccc(NC(=O)C2C(c3cc(Cl)cc(Cl)c3)C2(Cl)Cl)c1. The average molecular weight is 530 g/mol. The lowest BCUT2D eigenvalue weighted by atomic mass is 10.1. The van der Waals surface area contributed by atoms with Crippen LogP contribution in [0.4, 0.5) is 20.2 Å². The van der Waals surface area contributed by atoms with Gasteiger partial charge in [0.1, 0.15) is 16.0 Å². The molecule has 2 atom stereocenters. The monoisotopic (exact) mass is 528 g/mol. The molecule has 33 heavy (non-hydrogen) atoms. The Labute approximate surface area is 207 Å². The number of anilines is 2. The van der Waals surface area contributed by atoms with E-state index < -0.39 is 39.6 Å². The lowest BCUT2D eigenvalue weighted by Crippen LogP contribution is -2.18. The molecule has 1 aliphatic rings. The molecule has 2 amide bonds. The second-order valence-corrected chi connectivity index (χ2v) is 9.80. The van der Waals surface area contributed by atoms with E-state index in [0.717, 1.165) is 12.1 Å². The molecule has 0 radical (unpaired) electrons. The molecule has 0 saturated heterocycles. The van der Waals surface area contributed by atoms with Gasteiger partial charge in [0.15, 0.2) is 0 Å². The number of benzene rings is 3. The summed E-state index contributed by atoms with van der Waals surface area (Å²) in [6.45, 7) is 0. The smallest absolute Gasteiger partial charge is 0.255 e. The van der Waals surface area contributed by atoms with Crippen molar-refractivity contribution >= 4 is 69.6 Å². The molecule has 0 aromatic heterocycles. The van der Waals surface area contributed by atoms with E-state index in [2.05, 4.69) is 10.6 Å². The molecule has 0 spiro atoms. The Kier molecular flexibility index (Phi) is 6.56. The molecule has 2 unspecified atom stereocenters. The van der Waals surface area contributed by atoms with Gasteiger partial charge in [-0.3, -0.25) is 9.59 Å². The lowest BCUT2D eigenvalue weighted by Gasteiger charge is -2.09. The number of carbonyl (C=O) groups is 2. The quantitative estimate of drug-likeness (QED) is 0.348. The van der Waals surface area contributed by atoms with Crippen molar-refractivity contribution in [3.05, 3.63) is 93.5 Å². The molecule has 4 nitrogen and oxygen atoms in total. The van der Waals surface area contributed by atoms with Gasteiger partial charge in [0.05, 0.1) is 11.6 Å². The zero-order valence-corrected chi connectivity index (χ0v) is 19.5. The first-order valence-electron chi connectivity index (χ1n) is 9.57. The Bertz CT molecular complexity index is 1250. The minimum absolute atomic E-state index is 0.147. The third kappa shape index (κ3) is 5.09. The van der Waals surface area contributed by atoms with Crippen LogP contribution >= 0.6 is 46.4 Å².